The molecule has 27 heavy (non-hydrogen) atoms. The van der Waals surface area contributed by atoms with E-state index < -0.39 is 5.97 Å². The van der Waals surface area contributed by atoms with E-state index in [0.717, 1.165) is 11.3 Å². The zero-order valence-electron chi connectivity index (χ0n) is 14.9. The van der Waals surface area contributed by atoms with E-state index in [1.54, 1.807) is 10.7 Å². The van der Waals surface area contributed by atoms with Gasteiger partial charge in [-0.2, -0.15) is 10.1 Å². The highest BCUT2D eigenvalue weighted by Gasteiger charge is 2.19. The summed E-state index contributed by atoms with van der Waals surface area (Å²) in [5.41, 5.74) is 2.50. The molecule has 0 saturated carbocycles. The Kier molecular flexibility index (Phi) is 4.37. The lowest BCUT2D eigenvalue weighted by Crippen LogP contribution is -2.06. The summed E-state index contributed by atoms with van der Waals surface area (Å²) in [7, 11) is 0. The standard InChI is InChI=1S/C19H17N5O3/c1-12(2)17-22-16(27-23-17)11-26-19(25)14-10-21-24-15(8-9-20-18(14)24)13-6-4-3-5-7-13/h3-10,12H,11H2,1-2H3. The predicted molar refractivity (Wildman–Crippen MR) is 95.9 cm³/mol. The first-order valence-corrected chi connectivity index (χ1v) is 8.51. The maximum absolute atomic E-state index is 12.5. The van der Waals surface area contributed by atoms with Crippen LogP contribution in [-0.4, -0.2) is 30.7 Å². The molecular formula is C19H17N5O3. The molecule has 0 radical (unpaired) electrons. The van der Waals surface area contributed by atoms with E-state index in [2.05, 4.69) is 20.2 Å². The van der Waals surface area contributed by atoms with Crippen LogP contribution in [0.3, 0.4) is 0 Å². The lowest BCUT2D eigenvalue weighted by molar-refractivity contribution is 0.0432. The van der Waals surface area contributed by atoms with Gasteiger partial charge >= 0.3 is 5.97 Å². The third-order valence-corrected chi connectivity index (χ3v) is 4.02. The number of hydrogen-bond donors (Lipinski definition) is 0. The lowest BCUT2D eigenvalue weighted by Gasteiger charge is -2.04. The van der Waals surface area contributed by atoms with Crippen molar-refractivity contribution in [2.24, 2.45) is 0 Å². The molecule has 8 heteroatoms. The average Bonchev–Trinajstić information content (AvgIpc) is 3.34. The Labute approximate surface area is 154 Å². The SMILES string of the molecule is CC(C)c1noc(COC(=O)c2cnn3c(-c4ccccc4)ccnc23)n1. The van der Waals surface area contributed by atoms with Gasteiger partial charge in [0.05, 0.1) is 11.9 Å². The number of esters is 1. The Morgan fingerprint density at radius 2 is 2.04 bits per heavy atom. The number of fused-ring (bicyclic) bond motifs is 1. The molecule has 0 aliphatic heterocycles. The van der Waals surface area contributed by atoms with Crippen LogP contribution in [0.1, 0.15) is 41.8 Å². The molecule has 8 nitrogen and oxygen atoms in total. The molecule has 0 fully saturated rings. The molecule has 3 aromatic heterocycles. The smallest absolute Gasteiger partial charge is 0.344 e. The molecule has 136 valence electrons. The maximum atomic E-state index is 12.5. The number of carbonyl (C=O) groups is 1. The van der Waals surface area contributed by atoms with Gasteiger partial charge in [0.2, 0.25) is 0 Å². The van der Waals surface area contributed by atoms with Gasteiger partial charge in [0.1, 0.15) is 5.56 Å². The molecule has 0 aliphatic carbocycles. The molecule has 1 aromatic carbocycles. The third kappa shape index (κ3) is 3.29. The maximum Gasteiger partial charge on any atom is 0.344 e. The first-order valence-electron chi connectivity index (χ1n) is 8.51. The minimum atomic E-state index is -0.549. The van der Waals surface area contributed by atoms with E-state index in [1.165, 1.54) is 6.20 Å². The van der Waals surface area contributed by atoms with Crippen molar-refractivity contribution < 1.29 is 14.1 Å². The van der Waals surface area contributed by atoms with Gasteiger partial charge < -0.3 is 9.26 Å². The van der Waals surface area contributed by atoms with Crippen LogP contribution < -0.4 is 0 Å². The number of hydrogen-bond acceptors (Lipinski definition) is 7. The van der Waals surface area contributed by atoms with Crippen molar-refractivity contribution in [2.45, 2.75) is 26.4 Å². The van der Waals surface area contributed by atoms with Crippen LogP contribution in [0.4, 0.5) is 0 Å². The molecule has 0 N–H and O–H groups in total. The van der Waals surface area contributed by atoms with Crippen LogP contribution in [0.15, 0.2) is 53.3 Å². The number of rotatable bonds is 5. The van der Waals surface area contributed by atoms with Crippen molar-refractivity contribution >= 4 is 11.6 Å². The van der Waals surface area contributed by atoms with E-state index in [-0.39, 0.29) is 24.0 Å². The van der Waals surface area contributed by atoms with Crippen LogP contribution in [0, 0.1) is 0 Å². The van der Waals surface area contributed by atoms with Gasteiger partial charge in [0, 0.05) is 17.7 Å². The number of benzene rings is 1. The summed E-state index contributed by atoms with van der Waals surface area (Å²) in [6.45, 7) is 3.81. The van der Waals surface area contributed by atoms with Gasteiger partial charge in [0.15, 0.2) is 18.1 Å². The summed E-state index contributed by atoms with van der Waals surface area (Å²) in [5.74, 6) is 0.415. The van der Waals surface area contributed by atoms with Crippen LogP contribution >= 0.6 is 0 Å². The lowest BCUT2D eigenvalue weighted by atomic mass is 10.1. The van der Waals surface area contributed by atoms with E-state index in [1.807, 2.05) is 50.2 Å². The van der Waals surface area contributed by atoms with Gasteiger partial charge in [-0.05, 0) is 6.07 Å². The molecule has 0 aliphatic rings. The zero-order chi connectivity index (χ0) is 18.8. The second-order valence-electron chi connectivity index (χ2n) is 6.27. The highest BCUT2D eigenvalue weighted by atomic mass is 16.6. The van der Waals surface area contributed by atoms with Crippen molar-refractivity contribution in [3.8, 4) is 11.3 Å². The number of carbonyl (C=O) groups excluding carboxylic acids is 1. The fourth-order valence-corrected chi connectivity index (χ4v) is 2.63. The molecule has 0 spiro atoms. The normalized spacial score (nSPS) is 11.2. The van der Waals surface area contributed by atoms with E-state index >= 15 is 0 Å². The zero-order valence-corrected chi connectivity index (χ0v) is 14.9. The fourth-order valence-electron chi connectivity index (χ4n) is 2.63. The minimum absolute atomic E-state index is 0.103. The molecule has 3 heterocycles. The van der Waals surface area contributed by atoms with E-state index in [4.69, 9.17) is 9.26 Å². The monoisotopic (exact) mass is 363 g/mol. The molecule has 0 amide bonds. The fraction of sp³-hybridized carbons (Fsp3) is 0.211. The summed E-state index contributed by atoms with van der Waals surface area (Å²) in [6, 6.07) is 11.6. The average molecular weight is 363 g/mol. The van der Waals surface area contributed by atoms with Crippen molar-refractivity contribution in [2.75, 3.05) is 0 Å². The molecular weight excluding hydrogens is 346 g/mol. The summed E-state index contributed by atoms with van der Waals surface area (Å²) in [4.78, 5) is 20.9. The summed E-state index contributed by atoms with van der Waals surface area (Å²) >= 11 is 0. The molecule has 0 saturated heterocycles. The van der Waals surface area contributed by atoms with Crippen molar-refractivity contribution in [1.82, 2.24) is 24.7 Å². The Balaban J connectivity index is 1.57. The van der Waals surface area contributed by atoms with Crippen molar-refractivity contribution in [1.29, 1.82) is 0 Å². The third-order valence-electron chi connectivity index (χ3n) is 4.02. The van der Waals surface area contributed by atoms with Crippen LogP contribution in [0.2, 0.25) is 0 Å². The second kappa shape index (κ2) is 6.99. The molecule has 0 atom stereocenters. The van der Waals surface area contributed by atoms with Gasteiger partial charge in [-0.1, -0.05) is 49.3 Å². The van der Waals surface area contributed by atoms with Crippen molar-refractivity contribution in [3.63, 3.8) is 0 Å². The summed E-state index contributed by atoms with van der Waals surface area (Å²) in [5, 5.41) is 8.15. The van der Waals surface area contributed by atoms with Crippen LogP contribution in [-0.2, 0) is 11.3 Å². The molecule has 0 unspecified atom stereocenters. The molecule has 0 bridgehead atoms. The Morgan fingerprint density at radius 3 is 2.78 bits per heavy atom. The highest BCUT2D eigenvalue weighted by molar-refractivity contribution is 5.95. The van der Waals surface area contributed by atoms with Gasteiger partial charge in [0.25, 0.3) is 5.89 Å². The van der Waals surface area contributed by atoms with E-state index in [9.17, 15) is 4.79 Å². The Hall–Kier alpha value is -3.55. The van der Waals surface area contributed by atoms with Gasteiger partial charge in [-0.25, -0.2) is 14.3 Å². The molecule has 4 rings (SSSR count). The van der Waals surface area contributed by atoms with Crippen LogP contribution in [0.5, 0.6) is 0 Å². The Morgan fingerprint density at radius 1 is 1.22 bits per heavy atom. The summed E-state index contributed by atoms with van der Waals surface area (Å²) in [6.07, 6.45) is 3.09. The predicted octanol–water partition coefficient (Wildman–Crippen LogP) is 3.26. The van der Waals surface area contributed by atoms with E-state index in [0.29, 0.717) is 11.5 Å². The van der Waals surface area contributed by atoms with Crippen molar-refractivity contribution in [3.05, 3.63) is 66.1 Å². The number of ether oxygens (including phenoxy) is 1. The molecule has 4 aromatic rings. The van der Waals surface area contributed by atoms with Crippen LogP contribution in [0.25, 0.3) is 16.9 Å². The first kappa shape index (κ1) is 16.9. The van der Waals surface area contributed by atoms with Gasteiger partial charge in [-0.15, -0.1) is 0 Å². The number of nitrogens with zero attached hydrogens (tertiary/aromatic N) is 5. The quantitative estimate of drug-likeness (QED) is 0.502. The number of aromatic nitrogens is 5. The Bertz CT molecular complexity index is 1090. The topological polar surface area (TPSA) is 95.4 Å². The first-order chi connectivity index (χ1) is 13.1. The van der Waals surface area contributed by atoms with Gasteiger partial charge in [-0.3, -0.25) is 0 Å². The minimum Gasteiger partial charge on any atom is -0.452 e. The largest absolute Gasteiger partial charge is 0.452 e. The summed E-state index contributed by atoms with van der Waals surface area (Å²) < 4.78 is 12.0. The highest BCUT2D eigenvalue weighted by Crippen LogP contribution is 2.21. The second-order valence-corrected chi connectivity index (χ2v) is 6.27.